The largest absolute Gasteiger partial charge is 0.493 e. The predicted molar refractivity (Wildman–Crippen MR) is 103 cm³/mol. The van der Waals surface area contributed by atoms with Crippen molar-refractivity contribution in [3.05, 3.63) is 59.2 Å². The number of amides is 2. The average Bonchev–Trinajstić information content (AvgIpc) is 2.71. The van der Waals surface area contributed by atoms with E-state index in [4.69, 9.17) is 15.2 Å². The minimum atomic E-state index is -0.274. The summed E-state index contributed by atoms with van der Waals surface area (Å²) >= 11 is 0. The smallest absolute Gasteiger partial charge is 0.252 e. The number of benzene rings is 2. The lowest BCUT2D eigenvalue weighted by Gasteiger charge is -2.18. The fraction of sp³-hybridized carbons (Fsp3) is 0.300. The zero-order chi connectivity index (χ0) is 19.8. The molecule has 2 rings (SSSR count). The summed E-state index contributed by atoms with van der Waals surface area (Å²) in [6.07, 6.45) is 0. The lowest BCUT2D eigenvalue weighted by molar-refractivity contribution is -0.119. The second-order valence-corrected chi connectivity index (χ2v) is 5.95. The number of carbonyl (C=O) groups excluding carboxylic acids is 2. The molecule has 0 fully saturated rings. The molecular weight excluding hydrogens is 346 g/mol. The molecule has 7 heteroatoms. The van der Waals surface area contributed by atoms with Gasteiger partial charge in [0, 0.05) is 12.1 Å². The normalized spacial score (nSPS) is 11.4. The zero-order valence-corrected chi connectivity index (χ0v) is 15.7. The molecule has 2 amide bonds. The van der Waals surface area contributed by atoms with Crippen LogP contribution in [0, 0.1) is 0 Å². The van der Waals surface area contributed by atoms with E-state index in [-0.39, 0.29) is 30.9 Å². The van der Waals surface area contributed by atoms with Gasteiger partial charge < -0.3 is 25.8 Å². The van der Waals surface area contributed by atoms with Gasteiger partial charge in [-0.2, -0.15) is 0 Å². The van der Waals surface area contributed by atoms with E-state index >= 15 is 0 Å². The summed E-state index contributed by atoms with van der Waals surface area (Å²) in [6, 6.07) is 12.4. The third-order valence-corrected chi connectivity index (χ3v) is 4.18. The SMILES string of the molecule is COc1ccc(C(C)NC(=O)c2ccccc2CNC(=O)CN)cc1OC. The molecule has 4 N–H and O–H groups in total. The van der Waals surface area contributed by atoms with Crippen LogP contribution in [0.1, 0.15) is 34.5 Å². The van der Waals surface area contributed by atoms with Crippen LogP contribution in [0.2, 0.25) is 0 Å². The van der Waals surface area contributed by atoms with Gasteiger partial charge in [-0.25, -0.2) is 0 Å². The fourth-order valence-electron chi connectivity index (χ4n) is 2.64. The average molecular weight is 371 g/mol. The van der Waals surface area contributed by atoms with Crippen molar-refractivity contribution in [3.63, 3.8) is 0 Å². The molecule has 0 heterocycles. The van der Waals surface area contributed by atoms with Gasteiger partial charge in [0.1, 0.15) is 0 Å². The number of nitrogens with two attached hydrogens (primary N) is 1. The van der Waals surface area contributed by atoms with Crippen molar-refractivity contribution in [3.8, 4) is 11.5 Å². The zero-order valence-electron chi connectivity index (χ0n) is 15.7. The van der Waals surface area contributed by atoms with Crippen molar-refractivity contribution in [1.29, 1.82) is 0 Å². The third kappa shape index (κ3) is 5.21. The molecule has 27 heavy (non-hydrogen) atoms. The first kappa shape index (κ1) is 20.3. The summed E-state index contributed by atoms with van der Waals surface area (Å²) in [7, 11) is 3.14. The Labute approximate surface area is 158 Å². The molecule has 0 aliphatic heterocycles. The second-order valence-electron chi connectivity index (χ2n) is 5.95. The Morgan fingerprint density at radius 3 is 2.44 bits per heavy atom. The number of methoxy groups -OCH3 is 2. The van der Waals surface area contributed by atoms with Gasteiger partial charge >= 0.3 is 0 Å². The number of hydrogen-bond donors (Lipinski definition) is 3. The number of hydrogen-bond acceptors (Lipinski definition) is 5. The van der Waals surface area contributed by atoms with Crippen LogP contribution in [0.25, 0.3) is 0 Å². The second kappa shape index (κ2) is 9.59. The van der Waals surface area contributed by atoms with Crippen LogP contribution in [-0.4, -0.2) is 32.6 Å². The van der Waals surface area contributed by atoms with E-state index in [0.717, 1.165) is 11.1 Å². The molecule has 1 atom stereocenters. The van der Waals surface area contributed by atoms with E-state index in [1.165, 1.54) is 0 Å². The van der Waals surface area contributed by atoms with Gasteiger partial charge in [-0.1, -0.05) is 24.3 Å². The quantitative estimate of drug-likeness (QED) is 0.656. The van der Waals surface area contributed by atoms with Gasteiger partial charge in [-0.05, 0) is 36.2 Å². The molecule has 7 nitrogen and oxygen atoms in total. The van der Waals surface area contributed by atoms with E-state index in [1.54, 1.807) is 38.5 Å². The van der Waals surface area contributed by atoms with Crippen LogP contribution < -0.4 is 25.8 Å². The minimum absolute atomic E-state index is 0.0926. The molecule has 0 aliphatic carbocycles. The highest BCUT2D eigenvalue weighted by molar-refractivity contribution is 5.96. The van der Waals surface area contributed by atoms with Crippen molar-refractivity contribution in [2.45, 2.75) is 19.5 Å². The first-order chi connectivity index (χ1) is 13.0. The summed E-state index contributed by atoms with van der Waals surface area (Å²) < 4.78 is 10.5. The van der Waals surface area contributed by atoms with Crippen LogP contribution in [0.4, 0.5) is 0 Å². The van der Waals surface area contributed by atoms with Gasteiger partial charge in [0.15, 0.2) is 11.5 Å². The number of nitrogens with one attached hydrogen (secondary N) is 2. The molecule has 0 bridgehead atoms. The molecule has 144 valence electrons. The maximum atomic E-state index is 12.7. The van der Waals surface area contributed by atoms with Crippen molar-refractivity contribution < 1.29 is 19.1 Å². The molecule has 0 aromatic heterocycles. The molecular formula is C20H25N3O4. The van der Waals surface area contributed by atoms with Crippen LogP contribution in [-0.2, 0) is 11.3 Å². The monoisotopic (exact) mass is 371 g/mol. The first-order valence-corrected chi connectivity index (χ1v) is 8.57. The fourth-order valence-corrected chi connectivity index (χ4v) is 2.64. The Kier molecular flexibility index (Phi) is 7.19. The van der Waals surface area contributed by atoms with E-state index in [9.17, 15) is 9.59 Å². The van der Waals surface area contributed by atoms with Gasteiger partial charge in [0.05, 0.1) is 26.8 Å². The van der Waals surface area contributed by atoms with Crippen LogP contribution in [0.3, 0.4) is 0 Å². The molecule has 2 aromatic carbocycles. The van der Waals surface area contributed by atoms with E-state index in [0.29, 0.717) is 17.1 Å². The highest BCUT2D eigenvalue weighted by Gasteiger charge is 2.16. The molecule has 0 spiro atoms. The number of rotatable bonds is 8. The van der Waals surface area contributed by atoms with Crippen molar-refractivity contribution in [2.75, 3.05) is 20.8 Å². The number of carbonyl (C=O) groups is 2. The summed E-state index contributed by atoms with van der Waals surface area (Å²) in [5.74, 6) is 0.723. The molecule has 0 saturated heterocycles. The summed E-state index contributed by atoms with van der Waals surface area (Å²) in [5.41, 5.74) is 7.40. The summed E-state index contributed by atoms with van der Waals surface area (Å²) in [6.45, 7) is 2.03. The first-order valence-electron chi connectivity index (χ1n) is 8.57. The topological polar surface area (TPSA) is 103 Å². The Balaban J connectivity index is 2.14. The van der Waals surface area contributed by atoms with Crippen molar-refractivity contribution >= 4 is 11.8 Å². The van der Waals surface area contributed by atoms with E-state index in [1.807, 2.05) is 25.1 Å². The number of ether oxygens (including phenoxy) is 2. The van der Waals surface area contributed by atoms with Crippen molar-refractivity contribution in [1.82, 2.24) is 10.6 Å². The van der Waals surface area contributed by atoms with Gasteiger partial charge in [0.2, 0.25) is 5.91 Å². The standard InChI is InChI=1S/C20H25N3O4/c1-13(14-8-9-17(26-2)18(10-14)27-3)23-20(25)16-7-5-4-6-15(16)12-22-19(24)11-21/h4-10,13H,11-12,21H2,1-3H3,(H,22,24)(H,23,25). The third-order valence-electron chi connectivity index (χ3n) is 4.18. The van der Waals surface area contributed by atoms with Crippen LogP contribution in [0.15, 0.2) is 42.5 Å². The van der Waals surface area contributed by atoms with E-state index < -0.39 is 0 Å². The summed E-state index contributed by atoms with van der Waals surface area (Å²) in [5, 5.41) is 5.65. The Hall–Kier alpha value is -3.06. The molecule has 2 aromatic rings. The van der Waals surface area contributed by atoms with Gasteiger partial charge in [-0.3, -0.25) is 9.59 Å². The van der Waals surface area contributed by atoms with Crippen LogP contribution in [0.5, 0.6) is 11.5 Å². The van der Waals surface area contributed by atoms with Gasteiger partial charge in [-0.15, -0.1) is 0 Å². The van der Waals surface area contributed by atoms with E-state index in [2.05, 4.69) is 10.6 Å². The highest BCUT2D eigenvalue weighted by atomic mass is 16.5. The maximum Gasteiger partial charge on any atom is 0.252 e. The Morgan fingerprint density at radius 2 is 1.78 bits per heavy atom. The Morgan fingerprint density at radius 1 is 1.07 bits per heavy atom. The highest BCUT2D eigenvalue weighted by Crippen LogP contribution is 2.30. The maximum absolute atomic E-state index is 12.7. The Bertz CT molecular complexity index is 808. The molecule has 0 radical (unpaired) electrons. The lowest BCUT2D eigenvalue weighted by Crippen LogP contribution is -2.32. The molecule has 0 aliphatic rings. The summed E-state index contributed by atoms with van der Waals surface area (Å²) in [4.78, 5) is 24.1. The molecule has 1 unspecified atom stereocenters. The van der Waals surface area contributed by atoms with Crippen LogP contribution >= 0.6 is 0 Å². The predicted octanol–water partition coefficient (Wildman–Crippen LogP) is 1.77. The lowest BCUT2D eigenvalue weighted by atomic mass is 10.0. The van der Waals surface area contributed by atoms with Gasteiger partial charge in [0.25, 0.3) is 5.91 Å². The molecule has 0 saturated carbocycles. The van der Waals surface area contributed by atoms with Crippen molar-refractivity contribution in [2.24, 2.45) is 5.73 Å². The minimum Gasteiger partial charge on any atom is -0.493 e.